The number of nitrogens with zero attached hydrogens (tertiary/aromatic N) is 1. The topological polar surface area (TPSA) is 74.7 Å². The molecule has 29 heavy (non-hydrogen) atoms. The van der Waals surface area contributed by atoms with Gasteiger partial charge in [0.05, 0.1) is 17.1 Å². The van der Waals surface area contributed by atoms with Crippen molar-refractivity contribution in [2.24, 2.45) is 17.3 Å². The minimum atomic E-state index is -1.10. The monoisotopic (exact) mass is 417 g/mol. The summed E-state index contributed by atoms with van der Waals surface area (Å²) in [6, 6.07) is 1.65. The highest BCUT2D eigenvalue weighted by atomic mass is 32.1. The molecule has 0 bridgehead atoms. The van der Waals surface area contributed by atoms with Gasteiger partial charge in [-0.15, -0.1) is 11.3 Å². The van der Waals surface area contributed by atoms with E-state index in [1.807, 2.05) is 20.8 Å². The SMILES string of the molecule is CCC(=O)CN(C(=O)C1CCC(C)CC1)c1cc(C#CC(C)(C)C)sc1C(=O)O. The number of amides is 1. The average Bonchev–Trinajstić information content (AvgIpc) is 3.08. The first-order chi connectivity index (χ1) is 13.5. The van der Waals surface area contributed by atoms with E-state index in [0.717, 1.165) is 37.0 Å². The molecule has 0 radical (unpaired) electrons. The summed E-state index contributed by atoms with van der Waals surface area (Å²) in [4.78, 5) is 39.4. The first kappa shape index (κ1) is 23.2. The fraction of sp³-hybridized carbons (Fsp3) is 0.609. The molecular weight excluding hydrogens is 386 g/mol. The molecule has 5 nitrogen and oxygen atoms in total. The predicted octanol–water partition coefficient (Wildman–Crippen LogP) is 4.98. The Morgan fingerprint density at radius 2 is 1.83 bits per heavy atom. The lowest BCUT2D eigenvalue weighted by Crippen LogP contribution is -2.41. The standard InChI is InChI=1S/C23H31NO4S/c1-6-17(25)14-24(21(26)16-9-7-15(2)8-10-16)19-13-18(11-12-23(3,4)5)29-20(19)22(27)28/h13,15-16H,6-10,14H2,1-5H3,(H,27,28). The number of anilines is 1. The largest absolute Gasteiger partial charge is 0.477 e. The maximum absolute atomic E-state index is 13.3. The van der Waals surface area contributed by atoms with Gasteiger partial charge in [-0.3, -0.25) is 9.59 Å². The van der Waals surface area contributed by atoms with Crippen LogP contribution in [0, 0.1) is 29.1 Å². The third-order valence-corrected chi connectivity index (χ3v) is 6.15. The molecule has 6 heteroatoms. The van der Waals surface area contributed by atoms with Crippen LogP contribution in [0.25, 0.3) is 0 Å². The molecule has 0 aromatic carbocycles. The molecule has 1 amide bonds. The summed E-state index contributed by atoms with van der Waals surface area (Å²) in [6.07, 6.45) is 3.81. The molecule has 1 N–H and O–H groups in total. The molecule has 0 aliphatic heterocycles. The number of carbonyl (C=O) groups is 3. The van der Waals surface area contributed by atoms with Crippen LogP contribution in [0.1, 0.15) is 81.3 Å². The van der Waals surface area contributed by atoms with E-state index in [1.165, 1.54) is 4.90 Å². The average molecular weight is 418 g/mol. The van der Waals surface area contributed by atoms with E-state index in [1.54, 1.807) is 13.0 Å². The van der Waals surface area contributed by atoms with Crippen LogP contribution in [0.5, 0.6) is 0 Å². The summed E-state index contributed by atoms with van der Waals surface area (Å²) in [5.74, 6) is 5.23. The van der Waals surface area contributed by atoms with E-state index >= 15 is 0 Å². The van der Waals surface area contributed by atoms with E-state index < -0.39 is 5.97 Å². The molecule has 2 rings (SSSR count). The summed E-state index contributed by atoms with van der Waals surface area (Å²) in [6.45, 7) is 9.77. The Labute approximate surface area is 177 Å². The molecule has 1 aliphatic rings. The molecule has 0 unspecified atom stereocenters. The van der Waals surface area contributed by atoms with Crippen molar-refractivity contribution >= 4 is 34.7 Å². The van der Waals surface area contributed by atoms with E-state index in [-0.39, 0.29) is 34.4 Å². The van der Waals surface area contributed by atoms with Gasteiger partial charge in [0.15, 0.2) is 5.78 Å². The molecule has 1 aromatic rings. The van der Waals surface area contributed by atoms with Crippen molar-refractivity contribution in [3.8, 4) is 11.8 Å². The smallest absolute Gasteiger partial charge is 0.348 e. The van der Waals surface area contributed by atoms with Gasteiger partial charge in [0.25, 0.3) is 0 Å². The number of aromatic carboxylic acids is 1. The second-order valence-electron chi connectivity index (χ2n) is 8.90. The van der Waals surface area contributed by atoms with Crippen molar-refractivity contribution in [2.45, 2.75) is 66.7 Å². The van der Waals surface area contributed by atoms with Gasteiger partial charge in [-0.2, -0.15) is 0 Å². The van der Waals surface area contributed by atoms with Crippen LogP contribution in [0.3, 0.4) is 0 Å². The zero-order chi connectivity index (χ0) is 21.8. The summed E-state index contributed by atoms with van der Waals surface area (Å²) >= 11 is 1.06. The molecule has 158 valence electrons. The Kier molecular flexibility index (Phi) is 7.65. The molecule has 1 saturated carbocycles. The van der Waals surface area contributed by atoms with E-state index in [2.05, 4.69) is 18.8 Å². The molecule has 0 atom stereocenters. The van der Waals surface area contributed by atoms with Gasteiger partial charge in [-0.05, 0) is 58.4 Å². The Morgan fingerprint density at radius 1 is 1.21 bits per heavy atom. The van der Waals surface area contributed by atoms with Crippen LogP contribution in [0.15, 0.2) is 6.07 Å². The van der Waals surface area contributed by atoms with E-state index in [4.69, 9.17) is 0 Å². The quantitative estimate of drug-likeness (QED) is 0.662. The van der Waals surface area contributed by atoms with Crippen molar-refractivity contribution < 1.29 is 19.5 Å². The molecule has 1 aromatic heterocycles. The summed E-state index contributed by atoms with van der Waals surface area (Å²) in [5.41, 5.74) is 0.0751. The van der Waals surface area contributed by atoms with Gasteiger partial charge in [0.1, 0.15) is 4.88 Å². The van der Waals surface area contributed by atoms with Crippen molar-refractivity contribution in [1.29, 1.82) is 0 Å². The molecule has 1 heterocycles. The van der Waals surface area contributed by atoms with Gasteiger partial charge in [-0.25, -0.2) is 4.79 Å². The Bertz CT molecular complexity index is 829. The number of rotatable bonds is 6. The van der Waals surface area contributed by atoms with Gasteiger partial charge in [0, 0.05) is 17.8 Å². The van der Waals surface area contributed by atoms with Gasteiger partial charge in [-0.1, -0.05) is 25.7 Å². The zero-order valence-corrected chi connectivity index (χ0v) is 18.8. The number of Topliss-reactive ketones (excluding diaryl/α,β-unsaturated/α-hetero) is 1. The molecular formula is C23H31NO4S. The van der Waals surface area contributed by atoms with Crippen molar-refractivity contribution in [2.75, 3.05) is 11.4 Å². The third-order valence-electron chi connectivity index (χ3n) is 5.12. The second kappa shape index (κ2) is 9.58. The highest BCUT2D eigenvalue weighted by Crippen LogP contribution is 2.35. The van der Waals surface area contributed by atoms with Crippen LogP contribution in [0.4, 0.5) is 5.69 Å². The van der Waals surface area contributed by atoms with Crippen LogP contribution in [0.2, 0.25) is 0 Å². The van der Waals surface area contributed by atoms with Crippen molar-refractivity contribution in [3.05, 3.63) is 15.8 Å². The van der Waals surface area contributed by atoms with Crippen LogP contribution < -0.4 is 4.90 Å². The van der Waals surface area contributed by atoms with Crippen LogP contribution in [-0.4, -0.2) is 29.3 Å². The van der Waals surface area contributed by atoms with Crippen LogP contribution >= 0.6 is 11.3 Å². The Morgan fingerprint density at radius 3 is 2.34 bits per heavy atom. The number of hydrogen-bond donors (Lipinski definition) is 1. The molecule has 0 spiro atoms. The molecule has 1 aliphatic carbocycles. The second-order valence-corrected chi connectivity index (χ2v) is 9.96. The Hall–Kier alpha value is -2.13. The summed E-state index contributed by atoms with van der Waals surface area (Å²) in [7, 11) is 0. The molecule has 1 fully saturated rings. The minimum absolute atomic E-state index is 0.0599. The summed E-state index contributed by atoms with van der Waals surface area (Å²) in [5, 5.41) is 9.71. The fourth-order valence-electron chi connectivity index (χ4n) is 3.34. The number of carboxylic acids is 1. The highest BCUT2D eigenvalue weighted by molar-refractivity contribution is 7.15. The lowest BCUT2D eigenvalue weighted by molar-refractivity contribution is -0.126. The number of hydrogen-bond acceptors (Lipinski definition) is 4. The summed E-state index contributed by atoms with van der Waals surface area (Å²) < 4.78 is 0. The first-order valence-electron chi connectivity index (χ1n) is 10.2. The molecule has 0 saturated heterocycles. The highest BCUT2D eigenvalue weighted by Gasteiger charge is 2.32. The van der Waals surface area contributed by atoms with Gasteiger partial charge in [0.2, 0.25) is 5.91 Å². The Balaban J connectivity index is 2.44. The first-order valence-corrected chi connectivity index (χ1v) is 11.1. The lowest BCUT2D eigenvalue weighted by atomic mass is 9.82. The van der Waals surface area contributed by atoms with Crippen molar-refractivity contribution in [1.82, 2.24) is 0 Å². The number of thiophene rings is 1. The van der Waals surface area contributed by atoms with Crippen molar-refractivity contribution in [3.63, 3.8) is 0 Å². The minimum Gasteiger partial charge on any atom is -0.477 e. The maximum atomic E-state index is 13.3. The van der Waals surface area contributed by atoms with Gasteiger partial charge < -0.3 is 10.0 Å². The normalized spacial score (nSPS) is 19.2. The van der Waals surface area contributed by atoms with Gasteiger partial charge >= 0.3 is 5.97 Å². The number of ketones is 1. The maximum Gasteiger partial charge on any atom is 0.348 e. The predicted molar refractivity (Wildman–Crippen MR) is 116 cm³/mol. The van der Waals surface area contributed by atoms with E-state index in [0.29, 0.717) is 22.9 Å². The van der Waals surface area contributed by atoms with Crippen LogP contribution in [-0.2, 0) is 9.59 Å². The lowest BCUT2D eigenvalue weighted by Gasteiger charge is -2.30. The van der Waals surface area contributed by atoms with E-state index in [9.17, 15) is 19.5 Å². The number of carbonyl (C=O) groups excluding carboxylic acids is 2. The fourth-order valence-corrected chi connectivity index (χ4v) is 4.20. The third kappa shape index (κ3) is 6.43. The number of carboxylic acid groups (broad SMARTS) is 1. The zero-order valence-electron chi connectivity index (χ0n) is 18.0.